The van der Waals surface area contributed by atoms with E-state index in [1.165, 1.54) is 0 Å². The summed E-state index contributed by atoms with van der Waals surface area (Å²) in [6.45, 7) is 9.19. The van der Waals surface area contributed by atoms with Gasteiger partial charge in [0.15, 0.2) is 0 Å². The average molecular weight is 556 g/mol. The number of nitrogens with zero attached hydrogens (tertiary/aromatic N) is 6. The molecule has 0 aromatic carbocycles. The van der Waals surface area contributed by atoms with Crippen LogP contribution in [0.4, 0.5) is 0 Å². The average Bonchev–Trinajstić information content (AvgIpc) is 2.93. The Morgan fingerprint density at radius 1 is 0.462 bits per heavy atom. The van der Waals surface area contributed by atoms with Gasteiger partial charge < -0.3 is 31.3 Å². The van der Waals surface area contributed by atoms with Crippen LogP contribution in [0.2, 0.25) is 0 Å². The molecular weight excluding hydrogens is 510 g/mol. The fourth-order valence-corrected chi connectivity index (χ4v) is 5.53. The van der Waals surface area contributed by atoms with Crippen molar-refractivity contribution in [2.75, 3.05) is 98.2 Å². The van der Waals surface area contributed by atoms with Crippen LogP contribution in [0.5, 0.6) is 0 Å². The maximum absolute atomic E-state index is 13.4. The Morgan fingerprint density at radius 2 is 0.692 bits per heavy atom. The summed E-state index contributed by atoms with van der Waals surface area (Å²) in [5.74, 6) is 0. The molecule has 3 saturated heterocycles. The molecule has 0 bridgehead atoms. The van der Waals surface area contributed by atoms with Gasteiger partial charge in [-0.1, -0.05) is 0 Å². The fraction of sp³-hybridized carbons (Fsp3) is 0.875. The first kappa shape index (κ1) is 30.0. The van der Waals surface area contributed by atoms with Gasteiger partial charge in [0.2, 0.25) is 0 Å². The van der Waals surface area contributed by atoms with Crippen molar-refractivity contribution in [2.45, 2.75) is 37.9 Å². The molecule has 3 aliphatic rings. The molecule has 4 heterocycles. The van der Waals surface area contributed by atoms with Crippen LogP contribution < -0.4 is 33.0 Å². The van der Waals surface area contributed by atoms with E-state index in [0.29, 0.717) is 0 Å². The molecule has 0 radical (unpaired) electrons. The lowest BCUT2D eigenvalue weighted by molar-refractivity contribution is 0.0760. The van der Waals surface area contributed by atoms with Crippen molar-refractivity contribution in [2.24, 2.45) is 0 Å². The van der Waals surface area contributed by atoms with Crippen molar-refractivity contribution in [3.8, 4) is 0 Å². The summed E-state index contributed by atoms with van der Waals surface area (Å²) in [6, 6.07) is 0. The molecule has 6 N–H and O–H groups in total. The number of aliphatic hydroxyl groups is 3. The first-order valence-electron chi connectivity index (χ1n) is 14.1. The standard InChI is InChI=1S/C24H45N9O6/c34-19(13-28-7-1-25-2-8-28)16-31-22(37)32(17-20(35)14-29-9-3-26-4-10-29)24(39)33(23(31)38)18-21(36)15-30-11-5-27-6-12-30/h19-21,25-27,34-36H,1-18H2. The first-order valence-corrected chi connectivity index (χ1v) is 14.1. The van der Waals surface area contributed by atoms with Crippen LogP contribution in [0.25, 0.3) is 0 Å². The number of hydrogen-bond acceptors (Lipinski definition) is 12. The lowest BCUT2D eigenvalue weighted by Gasteiger charge is -2.30. The highest BCUT2D eigenvalue weighted by molar-refractivity contribution is 4.84. The van der Waals surface area contributed by atoms with E-state index in [4.69, 9.17) is 0 Å². The van der Waals surface area contributed by atoms with Crippen LogP contribution in [0.3, 0.4) is 0 Å². The van der Waals surface area contributed by atoms with Crippen LogP contribution in [0.15, 0.2) is 14.4 Å². The van der Waals surface area contributed by atoms with Gasteiger partial charge in [-0.25, -0.2) is 28.1 Å². The van der Waals surface area contributed by atoms with Crippen molar-refractivity contribution < 1.29 is 15.3 Å². The van der Waals surface area contributed by atoms with Gasteiger partial charge >= 0.3 is 17.1 Å². The first-order chi connectivity index (χ1) is 18.8. The molecule has 0 saturated carbocycles. The SMILES string of the molecule is O=c1n(CC(O)CN2CCNCC2)c(=O)n(CC(O)CN2CCNCC2)c(=O)n1CC(O)CN1CCNCC1. The summed E-state index contributed by atoms with van der Waals surface area (Å²) in [5, 5.41) is 42.0. The second-order valence-corrected chi connectivity index (χ2v) is 10.8. The Morgan fingerprint density at radius 3 is 0.923 bits per heavy atom. The number of aromatic nitrogens is 3. The summed E-state index contributed by atoms with van der Waals surface area (Å²) in [5.41, 5.74) is -2.59. The van der Waals surface area contributed by atoms with Crippen molar-refractivity contribution in [3.05, 3.63) is 31.5 Å². The van der Waals surface area contributed by atoms with Crippen LogP contribution in [-0.4, -0.2) is 160 Å². The van der Waals surface area contributed by atoms with Crippen molar-refractivity contribution in [1.82, 2.24) is 44.4 Å². The number of nitrogens with one attached hydrogen (secondary N) is 3. The summed E-state index contributed by atoms with van der Waals surface area (Å²) in [4.78, 5) is 46.3. The number of aliphatic hydroxyl groups excluding tert-OH is 3. The molecular formula is C24H45N9O6. The van der Waals surface area contributed by atoms with E-state index in [-0.39, 0.29) is 39.3 Å². The zero-order chi connectivity index (χ0) is 27.8. The van der Waals surface area contributed by atoms with E-state index in [0.717, 1.165) is 92.2 Å². The summed E-state index contributed by atoms with van der Waals surface area (Å²) >= 11 is 0. The second kappa shape index (κ2) is 14.6. The highest BCUT2D eigenvalue weighted by atomic mass is 16.3. The molecule has 1 aromatic heterocycles. The fourth-order valence-electron chi connectivity index (χ4n) is 5.53. The lowest BCUT2D eigenvalue weighted by atomic mass is 10.2. The molecule has 3 fully saturated rings. The van der Waals surface area contributed by atoms with Crippen molar-refractivity contribution >= 4 is 0 Å². The third-order valence-corrected chi connectivity index (χ3v) is 7.60. The molecule has 0 spiro atoms. The maximum Gasteiger partial charge on any atom is 0.336 e. The smallest absolute Gasteiger partial charge is 0.336 e. The zero-order valence-electron chi connectivity index (χ0n) is 22.7. The summed E-state index contributed by atoms with van der Waals surface area (Å²) in [6.07, 6.45) is -3.03. The highest BCUT2D eigenvalue weighted by Crippen LogP contribution is 2.00. The lowest BCUT2D eigenvalue weighted by Crippen LogP contribution is -2.58. The topological polar surface area (TPSA) is 172 Å². The maximum atomic E-state index is 13.4. The Hall–Kier alpha value is -1.95. The number of β-amino-alcohol motifs (C(OH)–C–C–N with tert-alkyl or cyclic N) is 3. The second-order valence-electron chi connectivity index (χ2n) is 10.8. The minimum Gasteiger partial charge on any atom is -0.390 e. The van der Waals surface area contributed by atoms with Crippen LogP contribution in [0.1, 0.15) is 0 Å². The molecule has 222 valence electrons. The molecule has 3 unspecified atom stereocenters. The van der Waals surface area contributed by atoms with Crippen LogP contribution in [-0.2, 0) is 19.6 Å². The van der Waals surface area contributed by atoms with E-state index in [2.05, 4.69) is 30.7 Å². The van der Waals surface area contributed by atoms with Crippen molar-refractivity contribution in [1.29, 1.82) is 0 Å². The quantitative estimate of drug-likeness (QED) is 0.144. The van der Waals surface area contributed by atoms with E-state index >= 15 is 0 Å². The van der Waals surface area contributed by atoms with E-state index < -0.39 is 35.4 Å². The van der Waals surface area contributed by atoms with Crippen molar-refractivity contribution in [3.63, 3.8) is 0 Å². The van der Waals surface area contributed by atoms with Crippen LogP contribution >= 0.6 is 0 Å². The third-order valence-electron chi connectivity index (χ3n) is 7.60. The monoisotopic (exact) mass is 555 g/mol. The third kappa shape index (κ3) is 8.52. The van der Waals surface area contributed by atoms with Gasteiger partial charge in [0, 0.05) is 98.2 Å². The highest BCUT2D eigenvalue weighted by Gasteiger charge is 2.24. The minimum atomic E-state index is -1.01. The van der Waals surface area contributed by atoms with E-state index in [1.54, 1.807) is 0 Å². The zero-order valence-corrected chi connectivity index (χ0v) is 22.7. The molecule has 1 aromatic rings. The molecule has 0 aliphatic carbocycles. The predicted molar refractivity (Wildman–Crippen MR) is 145 cm³/mol. The molecule has 15 nitrogen and oxygen atoms in total. The normalized spacial score (nSPS) is 22.5. The molecule has 3 aliphatic heterocycles. The van der Waals surface area contributed by atoms with Gasteiger partial charge in [0.25, 0.3) is 0 Å². The summed E-state index contributed by atoms with van der Waals surface area (Å²) < 4.78 is 2.59. The Balaban J connectivity index is 1.56. The van der Waals surface area contributed by atoms with Gasteiger partial charge in [-0.05, 0) is 0 Å². The molecule has 3 atom stereocenters. The Kier molecular flexibility index (Phi) is 11.2. The van der Waals surface area contributed by atoms with Gasteiger partial charge in [-0.15, -0.1) is 0 Å². The molecule has 39 heavy (non-hydrogen) atoms. The van der Waals surface area contributed by atoms with Gasteiger partial charge in [-0.3, -0.25) is 14.7 Å². The summed E-state index contributed by atoms with van der Waals surface area (Å²) in [7, 11) is 0. The molecule has 15 heteroatoms. The van der Waals surface area contributed by atoms with Crippen LogP contribution in [0, 0.1) is 0 Å². The number of hydrogen-bond donors (Lipinski definition) is 6. The minimum absolute atomic E-state index is 0.282. The predicted octanol–water partition coefficient (Wildman–Crippen LogP) is -6.03. The number of piperazine rings is 3. The van der Waals surface area contributed by atoms with E-state index in [1.807, 2.05) is 0 Å². The van der Waals surface area contributed by atoms with Gasteiger partial charge in [-0.2, -0.15) is 0 Å². The molecule has 0 amide bonds. The number of rotatable bonds is 12. The van der Waals surface area contributed by atoms with Gasteiger partial charge in [0.05, 0.1) is 37.9 Å². The molecule has 4 rings (SSSR count). The van der Waals surface area contributed by atoms with E-state index in [9.17, 15) is 29.7 Å². The largest absolute Gasteiger partial charge is 0.390 e. The Labute approximate surface area is 227 Å². The Bertz CT molecular complexity index is 910. The van der Waals surface area contributed by atoms with Gasteiger partial charge in [0.1, 0.15) is 0 Å².